The molecule has 1 unspecified atom stereocenters. The standard InChI is InChI=1S/C8H16N2OS/c1-5-10-7(12-4)6(11)9-8(10,2)3/h7H,5H2,1-4H3,(H,9,11). The van der Waals surface area contributed by atoms with Crippen LogP contribution in [0, 0.1) is 0 Å². The minimum absolute atomic E-state index is 0.00926. The van der Waals surface area contributed by atoms with Crippen LogP contribution in [0.15, 0.2) is 0 Å². The van der Waals surface area contributed by atoms with Crippen LogP contribution >= 0.6 is 11.8 Å². The van der Waals surface area contributed by atoms with Gasteiger partial charge < -0.3 is 5.32 Å². The van der Waals surface area contributed by atoms with Gasteiger partial charge in [0.2, 0.25) is 5.91 Å². The molecule has 0 saturated carbocycles. The van der Waals surface area contributed by atoms with Crippen molar-refractivity contribution in [1.29, 1.82) is 0 Å². The van der Waals surface area contributed by atoms with E-state index >= 15 is 0 Å². The van der Waals surface area contributed by atoms with E-state index in [9.17, 15) is 4.79 Å². The van der Waals surface area contributed by atoms with Gasteiger partial charge in [-0.25, -0.2) is 0 Å². The highest BCUT2D eigenvalue weighted by Gasteiger charge is 2.43. The largest absolute Gasteiger partial charge is 0.336 e. The summed E-state index contributed by atoms with van der Waals surface area (Å²) in [4.78, 5) is 13.6. The maximum absolute atomic E-state index is 11.4. The smallest absolute Gasteiger partial charge is 0.249 e. The molecule has 1 saturated heterocycles. The van der Waals surface area contributed by atoms with Crippen molar-refractivity contribution in [2.45, 2.75) is 31.8 Å². The summed E-state index contributed by atoms with van der Waals surface area (Å²) in [5.74, 6) is 0.134. The van der Waals surface area contributed by atoms with Crippen LogP contribution in [0.25, 0.3) is 0 Å². The molecule has 4 heteroatoms. The molecular weight excluding hydrogens is 172 g/mol. The number of hydrogen-bond acceptors (Lipinski definition) is 3. The van der Waals surface area contributed by atoms with Crippen LogP contribution in [0.3, 0.4) is 0 Å². The molecule has 1 fully saturated rings. The normalized spacial score (nSPS) is 29.0. The number of thioether (sulfide) groups is 1. The Morgan fingerprint density at radius 1 is 1.67 bits per heavy atom. The lowest BCUT2D eigenvalue weighted by atomic mass is 10.2. The second-order valence-corrected chi connectivity index (χ2v) is 4.34. The van der Waals surface area contributed by atoms with Gasteiger partial charge in [-0.2, -0.15) is 0 Å². The monoisotopic (exact) mass is 188 g/mol. The SMILES string of the molecule is CCN1C(SC)C(=O)NC1(C)C. The average Bonchev–Trinajstić information content (AvgIpc) is 2.18. The van der Waals surface area contributed by atoms with Gasteiger partial charge in [-0.3, -0.25) is 9.69 Å². The molecule has 1 N–H and O–H groups in total. The predicted molar refractivity (Wildman–Crippen MR) is 51.9 cm³/mol. The van der Waals surface area contributed by atoms with Crippen molar-refractivity contribution in [1.82, 2.24) is 10.2 Å². The van der Waals surface area contributed by atoms with E-state index in [2.05, 4.69) is 17.1 Å². The van der Waals surface area contributed by atoms with Gasteiger partial charge >= 0.3 is 0 Å². The second kappa shape index (κ2) is 3.26. The molecule has 0 aromatic heterocycles. The molecule has 12 heavy (non-hydrogen) atoms. The fraction of sp³-hybridized carbons (Fsp3) is 0.875. The Morgan fingerprint density at radius 3 is 2.58 bits per heavy atom. The highest BCUT2D eigenvalue weighted by atomic mass is 32.2. The first-order valence-corrected chi connectivity index (χ1v) is 5.43. The Labute approximate surface area is 77.9 Å². The fourth-order valence-corrected chi connectivity index (χ4v) is 2.61. The Morgan fingerprint density at radius 2 is 2.25 bits per heavy atom. The van der Waals surface area contributed by atoms with E-state index in [1.165, 1.54) is 0 Å². The quantitative estimate of drug-likeness (QED) is 0.697. The van der Waals surface area contributed by atoms with Crippen LogP contribution in [0.1, 0.15) is 20.8 Å². The first-order valence-electron chi connectivity index (χ1n) is 4.14. The van der Waals surface area contributed by atoms with E-state index in [1.54, 1.807) is 11.8 Å². The van der Waals surface area contributed by atoms with Gasteiger partial charge in [-0.1, -0.05) is 6.92 Å². The van der Waals surface area contributed by atoms with Crippen molar-refractivity contribution < 1.29 is 4.79 Å². The number of rotatable bonds is 2. The minimum atomic E-state index is -0.181. The van der Waals surface area contributed by atoms with Crippen molar-refractivity contribution >= 4 is 17.7 Å². The first-order chi connectivity index (χ1) is 5.53. The number of nitrogens with one attached hydrogen (secondary N) is 1. The van der Waals surface area contributed by atoms with Gasteiger partial charge in [-0.15, -0.1) is 11.8 Å². The van der Waals surface area contributed by atoms with Gasteiger partial charge in [0.1, 0.15) is 5.37 Å². The van der Waals surface area contributed by atoms with E-state index in [1.807, 2.05) is 20.1 Å². The van der Waals surface area contributed by atoms with E-state index in [0.717, 1.165) is 6.54 Å². The number of carbonyl (C=O) groups excluding carboxylic acids is 1. The van der Waals surface area contributed by atoms with Crippen LogP contribution < -0.4 is 5.32 Å². The van der Waals surface area contributed by atoms with Crippen LogP contribution in [-0.2, 0) is 4.79 Å². The summed E-state index contributed by atoms with van der Waals surface area (Å²) >= 11 is 1.59. The highest BCUT2D eigenvalue weighted by Crippen LogP contribution is 2.27. The first kappa shape index (κ1) is 9.86. The second-order valence-electron chi connectivity index (χ2n) is 3.42. The fourth-order valence-electron chi connectivity index (χ4n) is 1.67. The molecule has 0 bridgehead atoms. The molecule has 1 aliphatic rings. The zero-order chi connectivity index (χ0) is 9.35. The van der Waals surface area contributed by atoms with Crippen molar-refractivity contribution in [2.75, 3.05) is 12.8 Å². The molecule has 1 heterocycles. The van der Waals surface area contributed by atoms with Crippen LogP contribution in [-0.4, -0.2) is 34.6 Å². The van der Waals surface area contributed by atoms with Gasteiger partial charge in [0.15, 0.2) is 0 Å². The minimum Gasteiger partial charge on any atom is -0.336 e. The summed E-state index contributed by atoms with van der Waals surface area (Å²) in [6, 6.07) is 0. The topological polar surface area (TPSA) is 32.3 Å². The predicted octanol–water partition coefficient (Wildman–Crippen LogP) is 0.863. The van der Waals surface area contributed by atoms with E-state index < -0.39 is 0 Å². The highest BCUT2D eigenvalue weighted by molar-refractivity contribution is 7.99. The van der Waals surface area contributed by atoms with Crippen molar-refractivity contribution in [2.24, 2.45) is 0 Å². The molecule has 1 aliphatic heterocycles. The number of carbonyl (C=O) groups is 1. The Balaban J connectivity index is 2.83. The summed E-state index contributed by atoms with van der Waals surface area (Å²) in [6.07, 6.45) is 1.97. The molecule has 70 valence electrons. The molecule has 1 atom stereocenters. The lowest BCUT2D eigenvalue weighted by molar-refractivity contribution is -0.119. The number of amides is 1. The maximum atomic E-state index is 11.4. The summed E-state index contributed by atoms with van der Waals surface area (Å²) < 4.78 is 0. The van der Waals surface area contributed by atoms with Gasteiger partial charge in [-0.05, 0) is 26.6 Å². The third kappa shape index (κ3) is 1.45. The van der Waals surface area contributed by atoms with E-state index in [0.29, 0.717) is 0 Å². The Hall–Kier alpha value is -0.220. The zero-order valence-electron chi connectivity index (χ0n) is 8.05. The van der Waals surface area contributed by atoms with Crippen LogP contribution in [0.2, 0.25) is 0 Å². The lowest BCUT2D eigenvalue weighted by Gasteiger charge is -2.31. The van der Waals surface area contributed by atoms with E-state index in [-0.39, 0.29) is 16.9 Å². The van der Waals surface area contributed by atoms with Crippen molar-refractivity contribution in [3.05, 3.63) is 0 Å². The van der Waals surface area contributed by atoms with Gasteiger partial charge in [0, 0.05) is 0 Å². The maximum Gasteiger partial charge on any atom is 0.249 e. The molecule has 0 radical (unpaired) electrons. The number of nitrogens with zero attached hydrogens (tertiary/aromatic N) is 1. The summed E-state index contributed by atoms with van der Waals surface area (Å²) in [7, 11) is 0. The van der Waals surface area contributed by atoms with Gasteiger partial charge in [0.25, 0.3) is 0 Å². The molecular formula is C8H16N2OS. The van der Waals surface area contributed by atoms with E-state index in [4.69, 9.17) is 0 Å². The summed E-state index contributed by atoms with van der Waals surface area (Å²) in [5, 5.41) is 2.95. The summed E-state index contributed by atoms with van der Waals surface area (Å²) in [5.41, 5.74) is -0.181. The zero-order valence-corrected chi connectivity index (χ0v) is 8.86. The Kier molecular flexibility index (Phi) is 2.68. The molecule has 3 nitrogen and oxygen atoms in total. The van der Waals surface area contributed by atoms with Crippen molar-refractivity contribution in [3.8, 4) is 0 Å². The molecule has 1 rings (SSSR count). The van der Waals surface area contributed by atoms with Crippen LogP contribution in [0.5, 0.6) is 0 Å². The molecule has 0 aromatic rings. The average molecular weight is 188 g/mol. The Bertz CT molecular complexity index is 193. The van der Waals surface area contributed by atoms with Crippen LogP contribution in [0.4, 0.5) is 0 Å². The lowest BCUT2D eigenvalue weighted by Crippen LogP contribution is -2.47. The third-order valence-electron chi connectivity index (χ3n) is 2.22. The number of likely N-dealkylation sites (N-methyl/N-ethyl adjacent to an activating group) is 1. The molecule has 1 amide bonds. The molecule has 0 aliphatic carbocycles. The summed E-state index contributed by atoms with van der Waals surface area (Å²) in [6.45, 7) is 7.04. The van der Waals surface area contributed by atoms with Gasteiger partial charge in [0.05, 0.1) is 5.66 Å². The third-order valence-corrected chi connectivity index (χ3v) is 3.13. The molecule has 0 aromatic carbocycles. The molecule has 0 spiro atoms. The number of hydrogen-bond donors (Lipinski definition) is 1. The van der Waals surface area contributed by atoms with Crippen molar-refractivity contribution in [3.63, 3.8) is 0 Å².